The Morgan fingerprint density at radius 2 is 2.00 bits per heavy atom. The van der Waals surface area contributed by atoms with Crippen LogP contribution in [0.15, 0.2) is 24.5 Å². The fourth-order valence-electron chi connectivity index (χ4n) is 4.86. The molecule has 0 radical (unpaired) electrons. The summed E-state index contributed by atoms with van der Waals surface area (Å²) in [5, 5.41) is 12.0. The summed E-state index contributed by atoms with van der Waals surface area (Å²) in [6.45, 7) is 14.2. The van der Waals surface area contributed by atoms with Gasteiger partial charge in [0.2, 0.25) is 0 Å². The molecule has 4 rings (SSSR count). The number of fused-ring (bicyclic) bond motifs is 1. The molecular formula is C25H36N6O. The molecule has 4 heterocycles. The first-order valence-corrected chi connectivity index (χ1v) is 11.7. The number of piperidine rings is 1. The highest BCUT2D eigenvalue weighted by Crippen LogP contribution is 2.35. The number of amides is 1. The number of nitrogens with one attached hydrogen (secondary N) is 2. The van der Waals surface area contributed by atoms with Crippen LogP contribution in [0.2, 0.25) is 0 Å². The molecule has 0 spiro atoms. The Bertz CT molecular complexity index is 1100. The average molecular weight is 437 g/mol. The highest BCUT2D eigenvalue weighted by atomic mass is 16.2. The molecular weight excluding hydrogens is 400 g/mol. The van der Waals surface area contributed by atoms with Crippen molar-refractivity contribution < 1.29 is 4.79 Å². The minimum atomic E-state index is -0.0798. The van der Waals surface area contributed by atoms with Gasteiger partial charge in [-0.15, -0.1) is 0 Å². The van der Waals surface area contributed by atoms with Crippen molar-refractivity contribution in [2.75, 3.05) is 19.6 Å². The smallest absolute Gasteiger partial charge is 0.272 e. The van der Waals surface area contributed by atoms with Crippen LogP contribution in [0.25, 0.3) is 22.3 Å². The molecule has 7 heteroatoms. The molecule has 1 amide bonds. The largest absolute Gasteiger partial charge is 0.348 e. The maximum atomic E-state index is 13.2. The Morgan fingerprint density at radius 1 is 1.28 bits per heavy atom. The van der Waals surface area contributed by atoms with Crippen molar-refractivity contribution in [1.82, 2.24) is 30.0 Å². The van der Waals surface area contributed by atoms with E-state index in [-0.39, 0.29) is 17.9 Å². The van der Waals surface area contributed by atoms with Gasteiger partial charge < -0.3 is 14.8 Å². The summed E-state index contributed by atoms with van der Waals surface area (Å²) in [6.07, 6.45) is 5.81. The maximum absolute atomic E-state index is 13.2. The SMILES string of the molecule is CC(C)c1c(C(=O)NC2CCN(CC(C)(C)C)CC2)n[nH]c1-c1cn(C)c2ncccc12. The summed E-state index contributed by atoms with van der Waals surface area (Å²) in [6, 6.07) is 4.20. The van der Waals surface area contributed by atoms with E-state index in [4.69, 9.17) is 0 Å². The second-order valence-corrected chi connectivity index (χ2v) is 10.6. The normalized spacial score (nSPS) is 16.2. The van der Waals surface area contributed by atoms with Gasteiger partial charge in [0.15, 0.2) is 5.69 Å². The first-order valence-electron chi connectivity index (χ1n) is 11.7. The quantitative estimate of drug-likeness (QED) is 0.624. The van der Waals surface area contributed by atoms with Crippen molar-refractivity contribution in [3.63, 3.8) is 0 Å². The molecule has 3 aromatic heterocycles. The number of aryl methyl sites for hydroxylation is 1. The molecule has 0 aliphatic carbocycles. The molecule has 1 saturated heterocycles. The van der Waals surface area contributed by atoms with Crippen molar-refractivity contribution in [3.05, 3.63) is 35.8 Å². The van der Waals surface area contributed by atoms with Gasteiger partial charge in [-0.25, -0.2) is 4.98 Å². The minimum absolute atomic E-state index is 0.0798. The Kier molecular flexibility index (Phi) is 6.12. The van der Waals surface area contributed by atoms with Crippen LogP contribution < -0.4 is 5.32 Å². The van der Waals surface area contributed by atoms with E-state index in [1.165, 1.54) is 0 Å². The lowest BCUT2D eigenvalue weighted by Gasteiger charge is -2.36. The lowest BCUT2D eigenvalue weighted by atomic mass is 9.94. The maximum Gasteiger partial charge on any atom is 0.272 e. The number of nitrogens with zero attached hydrogens (tertiary/aromatic N) is 4. The van der Waals surface area contributed by atoms with E-state index < -0.39 is 0 Å². The van der Waals surface area contributed by atoms with Gasteiger partial charge in [0.05, 0.1) is 5.69 Å². The monoisotopic (exact) mass is 436 g/mol. The minimum Gasteiger partial charge on any atom is -0.348 e. The van der Waals surface area contributed by atoms with Gasteiger partial charge in [-0.3, -0.25) is 9.89 Å². The molecule has 7 nitrogen and oxygen atoms in total. The summed E-state index contributed by atoms with van der Waals surface area (Å²) in [4.78, 5) is 20.2. The van der Waals surface area contributed by atoms with Crippen molar-refractivity contribution in [2.45, 2.75) is 59.4 Å². The number of hydrogen-bond donors (Lipinski definition) is 2. The zero-order valence-electron chi connectivity index (χ0n) is 20.2. The second-order valence-electron chi connectivity index (χ2n) is 10.6. The number of hydrogen-bond acceptors (Lipinski definition) is 4. The van der Waals surface area contributed by atoms with Crippen LogP contribution in [0.4, 0.5) is 0 Å². The van der Waals surface area contributed by atoms with E-state index in [1.807, 2.05) is 17.7 Å². The highest BCUT2D eigenvalue weighted by molar-refractivity contribution is 5.99. The van der Waals surface area contributed by atoms with Crippen LogP contribution in [-0.2, 0) is 7.05 Å². The van der Waals surface area contributed by atoms with Gasteiger partial charge in [0.1, 0.15) is 5.65 Å². The number of H-pyrrole nitrogens is 1. The van der Waals surface area contributed by atoms with E-state index >= 15 is 0 Å². The number of pyridine rings is 1. The molecule has 32 heavy (non-hydrogen) atoms. The number of likely N-dealkylation sites (tertiary alicyclic amines) is 1. The number of rotatable bonds is 5. The van der Waals surface area contributed by atoms with E-state index in [1.54, 1.807) is 6.20 Å². The molecule has 2 N–H and O–H groups in total. The van der Waals surface area contributed by atoms with Gasteiger partial charge in [-0.2, -0.15) is 5.10 Å². The Balaban J connectivity index is 1.54. The van der Waals surface area contributed by atoms with Crippen LogP contribution in [0.1, 0.15) is 69.4 Å². The second kappa shape index (κ2) is 8.70. The molecule has 1 aliphatic heterocycles. The van der Waals surface area contributed by atoms with Crippen molar-refractivity contribution in [1.29, 1.82) is 0 Å². The van der Waals surface area contributed by atoms with Gasteiger partial charge >= 0.3 is 0 Å². The summed E-state index contributed by atoms with van der Waals surface area (Å²) >= 11 is 0. The molecule has 1 aliphatic rings. The molecule has 172 valence electrons. The number of carbonyl (C=O) groups is 1. The van der Waals surface area contributed by atoms with Crippen molar-refractivity contribution in [3.8, 4) is 11.3 Å². The third kappa shape index (κ3) is 4.58. The van der Waals surface area contributed by atoms with E-state index in [9.17, 15) is 4.79 Å². The molecule has 3 aromatic rings. The standard InChI is InChI=1S/C25H36N6O/c1-16(2)20-21(19-14-30(6)23-18(19)8-7-11-26-23)28-29-22(20)24(32)27-17-9-12-31(13-10-17)15-25(3,4)5/h7-8,11,14,16-17H,9-10,12-13,15H2,1-6H3,(H,27,32)(H,28,29). The number of aromatic amines is 1. The van der Waals surface area contributed by atoms with E-state index in [0.29, 0.717) is 11.1 Å². The predicted molar refractivity (Wildman–Crippen MR) is 129 cm³/mol. The summed E-state index contributed by atoms with van der Waals surface area (Å²) in [5.74, 6) is 0.0777. The van der Waals surface area contributed by atoms with E-state index in [0.717, 1.165) is 60.3 Å². The van der Waals surface area contributed by atoms with Crippen LogP contribution in [-0.4, -0.2) is 56.2 Å². The number of aromatic nitrogens is 4. The molecule has 0 bridgehead atoms. The van der Waals surface area contributed by atoms with Crippen LogP contribution in [0, 0.1) is 5.41 Å². The van der Waals surface area contributed by atoms with Gasteiger partial charge in [0, 0.05) is 61.6 Å². The molecule has 0 saturated carbocycles. The predicted octanol–water partition coefficient (Wildman–Crippen LogP) is 4.33. The third-order valence-corrected chi connectivity index (χ3v) is 6.22. The fourth-order valence-corrected chi connectivity index (χ4v) is 4.86. The van der Waals surface area contributed by atoms with E-state index in [2.05, 4.69) is 72.3 Å². The Hall–Kier alpha value is -2.67. The van der Waals surface area contributed by atoms with Gasteiger partial charge in [-0.1, -0.05) is 34.6 Å². The summed E-state index contributed by atoms with van der Waals surface area (Å²) < 4.78 is 2.01. The zero-order chi connectivity index (χ0) is 23.0. The molecule has 0 unspecified atom stereocenters. The van der Waals surface area contributed by atoms with Gasteiger partial charge in [0.25, 0.3) is 5.91 Å². The van der Waals surface area contributed by atoms with Crippen LogP contribution >= 0.6 is 0 Å². The van der Waals surface area contributed by atoms with Gasteiger partial charge in [-0.05, 0) is 36.3 Å². The topological polar surface area (TPSA) is 78.8 Å². The van der Waals surface area contributed by atoms with Crippen LogP contribution in [0.3, 0.4) is 0 Å². The number of carbonyl (C=O) groups excluding carboxylic acids is 1. The molecule has 0 aromatic carbocycles. The molecule has 1 fully saturated rings. The Morgan fingerprint density at radius 3 is 2.66 bits per heavy atom. The lowest BCUT2D eigenvalue weighted by molar-refractivity contribution is 0.0889. The summed E-state index contributed by atoms with van der Waals surface area (Å²) in [5.41, 5.74) is 4.62. The van der Waals surface area contributed by atoms with Crippen molar-refractivity contribution in [2.24, 2.45) is 12.5 Å². The lowest BCUT2D eigenvalue weighted by Crippen LogP contribution is -2.46. The van der Waals surface area contributed by atoms with Crippen LogP contribution in [0.5, 0.6) is 0 Å². The van der Waals surface area contributed by atoms with Crippen molar-refractivity contribution >= 4 is 16.9 Å². The fraction of sp³-hybridized carbons (Fsp3) is 0.560. The average Bonchev–Trinajstić information content (AvgIpc) is 3.30. The molecule has 0 atom stereocenters. The first-order chi connectivity index (χ1) is 15.1. The highest BCUT2D eigenvalue weighted by Gasteiger charge is 2.28. The zero-order valence-corrected chi connectivity index (χ0v) is 20.2. The first kappa shape index (κ1) is 22.5. The third-order valence-electron chi connectivity index (χ3n) is 6.22. The Labute approximate surface area is 190 Å². The summed E-state index contributed by atoms with van der Waals surface area (Å²) in [7, 11) is 1.99.